The van der Waals surface area contributed by atoms with Crippen LogP contribution in [0.5, 0.6) is 0 Å². The minimum Gasteiger partial charge on any atom is -0.407 e. The molecule has 0 saturated carbocycles. The number of anilines is 1. The first-order valence-electron chi connectivity index (χ1n) is 8.77. The van der Waals surface area contributed by atoms with Crippen molar-refractivity contribution in [2.45, 2.75) is 31.3 Å². The molecule has 0 spiro atoms. The maximum Gasteiger partial charge on any atom is 0.420 e. The summed E-state index contributed by atoms with van der Waals surface area (Å²) in [5.74, 6) is -1.39. The molecule has 1 amide bonds. The summed E-state index contributed by atoms with van der Waals surface area (Å²) in [4.78, 5) is 34.6. The lowest BCUT2D eigenvalue weighted by Crippen LogP contribution is -2.30. The van der Waals surface area contributed by atoms with Gasteiger partial charge in [-0.05, 0) is 44.2 Å². The molecular weight excluding hydrogens is 416 g/mol. The number of nitrogens with one attached hydrogen (secondary N) is 2. The number of carbonyl (C=O) groups is 1. The molecule has 0 atom stereocenters. The second-order valence-corrected chi connectivity index (χ2v) is 8.43. The van der Waals surface area contributed by atoms with Crippen LogP contribution in [0, 0.1) is 10.1 Å². The fourth-order valence-electron chi connectivity index (χ4n) is 2.76. The Morgan fingerprint density at radius 1 is 1.20 bits per heavy atom. The van der Waals surface area contributed by atoms with E-state index in [0.717, 1.165) is 10.6 Å². The Kier molecular flexibility index (Phi) is 5.71. The Bertz CT molecular complexity index is 1270. The van der Waals surface area contributed by atoms with E-state index in [0.29, 0.717) is 5.69 Å². The number of rotatable bonds is 7. The number of hydrogen-bond acceptors (Lipinski definition) is 7. The number of fused-ring (bicyclic) bond motifs is 1. The van der Waals surface area contributed by atoms with Crippen molar-refractivity contribution in [1.82, 2.24) is 9.29 Å². The number of sulfonamides is 1. The minimum absolute atomic E-state index is 0.00536. The number of nitro benzene ring substituents is 1. The lowest BCUT2D eigenvalue weighted by molar-refractivity contribution is -0.384. The summed E-state index contributed by atoms with van der Waals surface area (Å²) in [5.41, 5.74) is 0.325. The zero-order chi connectivity index (χ0) is 22.1. The average molecular weight is 434 g/mol. The first-order valence-corrected chi connectivity index (χ1v) is 10.2. The topological polar surface area (TPSA) is 154 Å². The summed E-state index contributed by atoms with van der Waals surface area (Å²) in [6, 6.07) is 8.91. The van der Waals surface area contributed by atoms with Gasteiger partial charge in [-0.15, -0.1) is 0 Å². The molecule has 1 aromatic heterocycles. The third-order valence-electron chi connectivity index (χ3n) is 4.00. The Morgan fingerprint density at radius 2 is 1.87 bits per heavy atom. The van der Waals surface area contributed by atoms with Gasteiger partial charge in [-0.25, -0.2) is 17.9 Å². The van der Waals surface area contributed by atoms with E-state index in [1.54, 1.807) is 13.8 Å². The zero-order valence-electron chi connectivity index (χ0n) is 16.0. The maximum absolute atomic E-state index is 12.3. The monoisotopic (exact) mass is 434 g/mol. The molecule has 30 heavy (non-hydrogen) atoms. The number of hydrogen-bond donors (Lipinski definition) is 2. The lowest BCUT2D eigenvalue weighted by atomic mass is 10.3. The number of carbonyl (C=O) groups excluding carboxylic acids is 1. The van der Waals surface area contributed by atoms with E-state index in [1.807, 2.05) is 0 Å². The molecule has 0 aliphatic heterocycles. The van der Waals surface area contributed by atoms with Crippen molar-refractivity contribution in [3.8, 4) is 0 Å². The number of nitro groups is 1. The predicted molar refractivity (Wildman–Crippen MR) is 108 cm³/mol. The molecular formula is C18H18N4O7S. The van der Waals surface area contributed by atoms with Gasteiger partial charge in [0.05, 0.1) is 21.4 Å². The molecule has 0 unspecified atom stereocenters. The van der Waals surface area contributed by atoms with Crippen molar-refractivity contribution in [2.75, 3.05) is 5.32 Å². The highest BCUT2D eigenvalue weighted by Crippen LogP contribution is 2.20. The van der Waals surface area contributed by atoms with Crippen LogP contribution < -0.4 is 15.8 Å². The van der Waals surface area contributed by atoms with Gasteiger partial charge in [0.15, 0.2) is 5.58 Å². The molecule has 0 bridgehead atoms. The van der Waals surface area contributed by atoms with Crippen LogP contribution in [0.1, 0.15) is 13.8 Å². The number of aromatic nitrogens is 1. The summed E-state index contributed by atoms with van der Waals surface area (Å²) >= 11 is 0. The number of oxazole rings is 1. The third kappa shape index (κ3) is 4.55. The van der Waals surface area contributed by atoms with Crippen LogP contribution in [0.4, 0.5) is 11.4 Å². The van der Waals surface area contributed by atoms with E-state index in [4.69, 9.17) is 4.42 Å². The van der Waals surface area contributed by atoms with E-state index >= 15 is 0 Å². The molecule has 2 N–H and O–H groups in total. The van der Waals surface area contributed by atoms with E-state index < -0.39 is 33.2 Å². The van der Waals surface area contributed by atoms with Crippen LogP contribution in [0.25, 0.3) is 11.1 Å². The molecule has 0 aliphatic rings. The van der Waals surface area contributed by atoms with Gasteiger partial charge >= 0.3 is 5.76 Å². The maximum atomic E-state index is 12.3. The van der Waals surface area contributed by atoms with Gasteiger partial charge in [0.2, 0.25) is 15.9 Å². The lowest BCUT2D eigenvalue weighted by Gasteiger charge is -2.10. The number of nitrogens with zero attached hydrogens (tertiary/aromatic N) is 2. The second-order valence-electron chi connectivity index (χ2n) is 6.71. The van der Waals surface area contributed by atoms with Gasteiger partial charge in [-0.2, -0.15) is 0 Å². The number of benzene rings is 2. The van der Waals surface area contributed by atoms with E-state index in [1.165, 1.54) is 36.4 Å². The van der Waals surface area contributed by atoms with Gasteiger partial charge < -0.3 is 9.73 Å². The van der Waals surface area contributed by atoms with Crippen molar-refractivity contribution in [3.05, 3.63) is 63.1 Å². The Labute approximate surface area is 170 Å². The van der Waals surface area contributed by atoms with Crippen molar-refractivity contribution in [2.24, 2.45) is 0 Å². The van der Waals surface area contributed by atoms with E-state index in [9.17, 15) is 28.1 Å². The minimum atomic E-state index is -3.65. The zero-order valence-corrected chi connectivity index (χ0v) is 16.8. The molecule has 158 valence electrons. The molecule has 11 nitrogen and oxygen atoms in total. The van der Waals surface area contributed by atoms with Crippen LogP contribution in [0.2, 0.25) is 0 Å². The van der Waals surface area contributed by atoms with E-state index in [-0.39, 0.29) is 27.7 Å². The molecule has 0 saturated heterocycles. The summed E-state index contributed by atoms with van der Waals surface area (Å²) in [7, 11) is -3.65. The van der Waals surface area contributed by atoms with Crippen LogP contribution in [-0.2, 0) is 21.4 Å². The third-order valence-corrected chi connectivity index (χ3v) is 5.68. The molecule has 0 radical (unpaired) electrons. The summed E-state index contributed by atoms with van der Waals surface area (Å²) in [6.45, 7) is 3.01. The van der Waals surface area contributed by atoms with Gasteiger partial charge in [-0.3, -0.25) is 19.5 Å². The predicted octanol–water partition coefficient (Wildman–Crippen LogP) is 1.83. The Hall–Kier alpha value is -3.51. The van der Waals surface area contributed by atoms with Gasteiger partial charge in [0.25, 0.3) is 5.69 Å². The average Bonchev–Trinajstić information content (AvgIpc) is 2.95. The van der Waals surface area contributed by atoms with Crippen molar-refractivity contribution >= 4 is 38.4 Å². The first kappa shape index (κ1) is 21.2. The summed E-state index contributed by atoms with van der Waals surface area (Å²) in [5, 5.41) is 13.4. The largest absolute Gasteiger partial charge is 0.420 e. The van der Waals surface area contributed by atoms with Gasteiger partial charge in [0, 0.05) is 17.8 Å². The van der Waals surface area contributed by atoms with Gasteiger partial charge in [0.1, 0.15) is 6.54 Å². The van der Waals surface area contributed by atoms with Crippen LogP contribution in [-0.4, -0.2) is 29.9 Å². The fraction of sp³-hybridized carbons (Fsp3) is 0.222. The molecule has 3 aromatic rings. The van der Waals surface area contributed by atoms with Crippen molar-refractivity contribution in [1.29, 1.82) is 0 Å². The summed E-state index contributed by atoms with van der Waals surface area (Å²) in [6.07, 6.45) is 0. The molecule has 12 heteroatoms. The highest BCUT2D eigenvalue weighted by atomic mass is 32.2. The number of non-ortho nitro benzene ring substituents is 1. The standard InChI is InChI=1S/C18H18N4O7S/c1-11(2)20-30(27,28)14-6-3-12(4-7-14)19-17(23)10-21-15-8-5-13(22(25)26)9-16(15)29-18(21)24/h3-9,11,20H,10H2,1-2H3,(H,19,23). The fourth-order valence-corrected chi connectivity index (χ4v) is 4.01. The normalized spacial score (nSPS) is 11.7. The quantitative estimate of drug-likeness (QED) is 0.425. The van der Waals surface area contributed by atoms with Crippen LogP contribution >= 0.6 is 0 Å². The van der Waals surface area contributed by atoms with Crippen molar-refractivity contribution in [3.63, 3.8) is 0 Å². The second kappa shape index (κ2) is 8.08. The smallest absolute Gasteiger partial charge is 0.407 e. The molecule has 0 aliphatic carbocycles. The molecule has 0 fully saturated rings. The molecule has 3 rings (SSSR count). The first-order chi connectivity index (χ1) is 14.1. The Balaban J connectivity index is 1.75. The summed E-state index contributed by atoms with van der Waals surface area (Å²) < 4.78 is 32.7. The van der Waals surface area contributed by atoms with E-state index in [2.05, 4.69) is 10.0 Å². The highest BCUT2D eigenvalue weighted by Gasteiger charge is 2.17. The highest BCUT2D eigenvalue weighted by molar-refractivity contribution is 7.89. The van der Waals surface area contributed by atoms with Gasteiger partial charge in [-0.1, -0.05) is 0 Å². The van der Waals surface area contributed by atoms with Crippen LogP contribution in [0.15, 0.2) is 56.6 Å². The van der Waals surface area contributed by atoms with Crippen LogP contribution in [0.3, 0.4) is 0 Å². The molecule has 1 heterocycles. The SMILES string of the molecule is CC(C)NS(=O)(=O)c1ccc(NC(=O)Cn2c(=O)oc3cc([N+](=O)[O-])ccc32)cc1. The van der Waals surface area contributed by atoms with Crippen molar-refractivity contribution < 1.29 is 22.6 Å². The molecule has 2 aromatic carbocycles. The number of amides is 1. The Morgan fingerprint density at radius 3 is 2.47 bits per heavy atom.